The topological polar surface area (TPSA) is 96.4 Å². The number of carbonyl (C=O) groups excluding carboxylic acids is 3. The Bertz CT molecular complexity index is 1090. The summed E-state index contributed by atoms with van der Waals surface area (Å²) in [5.41, 5.74) is 0.736. The Labute approximate surface area is 221 Å². The molecule has 8 nitrogen and oxygen atoms in total. The Morgan fingerprint density at radius 2 is 1.86 bits per heavy atom. The van der Waals surface area contributed by atoms with Crippen LogP contribution in [0.4, 0.5) is 5.69 Å². The lowest BCUT2D eigenvalue weighted by Gasteiger charge is -2.35. The summed E-state index contributed by atoms with van der Waals surface area (Å²) in [5, 5.41) is 8.89. The molecule has 2 saturated heterocycles. The average molecular weight is 527 g/mol. The number of cyclic esters (lactones) is 1. The molecule has 2 fully saturated rings. The smallest absolute Gasteiger partial charge is 0.311 e. The second kappa shape index (κ2) is 10.9. The van der Waals surface area contributed by atoms with Gasteiger partial charge in [0.1, 0.15) is 11.8 Å². The third-order valence-corrected chi connectivity index (χ3v) is 9.56. The Hall–Kier alpha value is -2.78. The normalized spacial score (nSPS) is 30.8. The van der Waals surface area contributed by atoms with E-state index in [1.807, 2.05) is 48.6 Å². The summed E-state index contributed by atoms with van der Waals surface area (Å²) < 4.78 is 9.97. The predicted molar refractivity (Wildman–Crippen MR) is 141 cm³/mol. The molecule has 37 heavy (non-hydrogen) atoms. The van der Waals surface area contributed by atoms with Crippen LogP contribution in [0.2, 0.25) is 0 Å². The van der Waals surface area contributed by atoms with Crippen LogP contribution in [-0.4, -0.2) is 77.2 Å². The summed E-state index contributed by atoms with van der Waals surface area (Å²) in [7, 11) is 1.60. The highest BCUT2D eigenvalue weighted by Crippen LogP contribution is 2.61. The SMILES string of the molecule is COc1ccc(N2CC=C[C@]34S[C@H]5C=CCCOC(=O)[C@H]5[C@H]3C(=O)N(CCCCCCO)C4C2=O)cc1. The highest BCUT2D eigenvalue weighted by molar-refractivity contribution is 8.02. The van der Waals surface area contributed by atoms with Crippen LogP contribution in [0.1, 0.15) is 32.1 Å². The first-order chi connectivity index (χ1) is 18.0. The number of methoxy groups -OCH3 is 1. The second-order valence-corrected chi connectivity index (χ2v) is 11.4. The molecule has 0 aliphatic carbocycles. The van der Waals surface area contributed by atoms with Crippen molar-refractivity contribution in [2.75, 3.05) is 38.3 Å². The van der Waals surface area contributed by atoms with Crippen molar-refractivity contribution in [3.8, 4) is 5.75 Å². The molecule has 4 aliphatic rings. The number of esters is 1. The first-order valence-electron chi connectivity index (χ1n) is 13.1. The molecule has 0 aromatic heterocycles. The fourth-order valence-corrected chi connectivity index (χ4v) is 8.09. The van der Waals surface area contributed by atoms with Gasteiger partial charge in [-0.25, -0.2) is 0 Å². The number of rotatable bonds is 8. The van der Waals surface area contributed by atoms with E-state index in [9.17, 15) is 14.4 Å². The number of anilines is 1. The van der Waals surface area contributed by atoms with Crippen molar-refractivity contribution in [2.45, 2.75) is 48.1 Å². The van der Waals surface area contributed by atoms with Crippen LogP contribution >= 0.6 is 11.8 Å². The molecule has 5 rings (SSSR count). The van der Waals surface area contributed by atoms with E-state index in [0.717, 1.165) is 24.9 Å². The van der Waals surface area contributed by atoms with Crippen LogP contribution in [0.3, 0.4) is 0 Å². The van der Waals surface area contributed by atoms with Crippen molar-refractivity contribution in [1.29, 1.82) is 0 Å². The van der Waals surface area contributed by atoms with E-state index in [-0.39, 0.29) is 29.6 Å². The van der Waals surface area contributed by atoms with Crippen LogP contribution in [0.25, 0.3) is 0 Å². The summed E-state index contributed by atoms with van der Waals surface area (Å²) in [6.07, 6.45) is 11.8. The maximum atomic E-state index is 14.3. The minimum absolute atomic E-state index is 0.138. The van der Waals surface area contributed by atoms with Crippen LogP contribution < -0.4 is 9.64 Å². The highest BCUT2D eigenvalue weighted by atomic mass is 32.2. The van der Waals surface area contributed by atoms with Crippen LogP contribution in [0, 0.1) is 11.8 Å². The Morgan fingerprint density at radius 3 is 2.62 bits per heavy atom. The fraction of sp³-hybridized carbons (Fsp3) is 0.536. The van der Waals surface area contributed by atoms with Crippen molar-refractivity contribution >= 4 is 35.2 Å². The number of aliphatic hydroxyl groups excluding tert-OH is 1. The van der Waals surface area contributed by atoms with Crippen molar-refractivity contribution in [3.05, 3.63) is 48.6 Å². The molecule has 198 valence electrons. The number of aliphatic hydroxyl groups is 1. The third-order valence-electron chi connectivity index (χ3n) is 7.81. The number of benzene rings is 1. The first kappa shape index (κ1) is 25.9. The molecule has 1 spiro atoms. The van der Waals surface area contributed by atoms with Crippen molar-refractivity contribution < 1.29 is 29.0 Å². The molecule has 1 N–H and O–H groups in total. The van der Waals surface area contributed by atoms with Gasteiger partial charge in [-0.3, -0.25) is 14.4 Å². The first-order valence-corrected chi connectivity index (χ1v) is 14.0. The van der Waals surface area contributed by atoms with Gasteiger partial charge in [-0.05, 0) is 43.5 Å². The highest BCUT2D eigenvalue weighted by Gasteiger charge is 2.70. The molecule has 1 unspecified atom stereocenters. The number of amides is 2. The zero-order valence-corrected chi connectivity index (χ0v) is 21.9. The summed E-state index contributed by atoms with van der Waals surface area (Å²) in [6, 6.07) is 6.63. The molecule has 2 amide bonds. The lowest BCUT2D eigenvalue weighted by atomic mass is 9.78. The second-order valence-electron chi connectivity index (χ2n) is 9.95. The molecular formula is C28H34N2O6S. The van der Waals surface area contributed by atoms with E-state index in [0.29, 0.717) is 38.3 Å². The van der Waals surface area contributed by atoms with Gasteiger partial charge in [0, 0.05) is 30.6 Å². The largest absolute Gasteiger partial charge is 0.497 e. The number of carbonyl (C=O) groups is 3. The van der Waals surface area contributed by atoms with E-state index in [1.165, 1.54) is 0 Å². The molecule has 4 heterocycles. The molecule has 0 bridgehead atoms. The number of thioether (sulfide) groups is 1. The van der Waals surface area contributed by atoms with Gasteiger partial charge in [0.15, 0.2) is 0 Å². The number of unbranched alkanes of at least 4 members (excludes halogenated alkanes) is 3. The molecule has 0 radical (unpaired) electrons. The van der Waals surface area contributed by atoms with Crippen LogP contribution in [-0.2, 0) is 19.1 Å². The lowest BCUT2D eigenvalue weighted by molar-refractivity contribution is -0.153. The average Bonchev–Trinajstić information content (AvgIpc) is 3.27. The minimum atomic E-state index is -0.844. The summed E-state index contributed by atoms with van der Waals surface area (Å²) in [5.74, 6) is -1.21. The van der Waals surface area contributed by atoms with Crippen molar-refractivity contribution in [1.82, 2.24) is 4.90 Å². The molecular weight excluding hydrogens is 492 g/mol. The number of hydrogen-bond donors (Lipinski definition) is 1. The zero-order valence-electron chi connectivity index (χ0n) is 21.1. The third kappa shape index (κ3) is 4.56. The number of likely N-dealkylation sites (tertiary alicyclic amines) is 1. The zero-order chi connectivity index (χ0) is 26.0. The van der Waals surface area contributed by atoms with E-state index >= 15 is 0 Å². The summed E-state index contributed by atoms with van der Waals surface area (Å²) >= 11 is 1.56. The molecule has 9 heteroatoms. The van der Waals surface area contributed by atoms with E-state index < -0.39 is 22.6 Å². The summed E-state index contributed by atoms with van der Waals surface area (Å²) in [4.78, 5) is 45.0. The number of fused-ring (bicyclic) bond motifs is 2. The Morgan fingerprint density at radius 1 is 1.08 bits per heavy atom. The maximum absolute atomic E-state index is 14.3. The van der Waals surface area contributed by atoms with Gasteiger partial charge in [0.2, 0.25) is 5.91 Å². The summed E-state index contributed by atoms with van der Waals surface area (Å²) in [6.45, 7) is 1.26. The molecule has 5 atom stereocenters. The van der Waals surface area contributed by atoms with Crippen molar-refractivity contribution in [2.24, 2.45) is 11.8 Å². The van der Waals surface area contributed by atoms with E-state index in [4.69, 9.17) is 14.6 Å². The van der Waals surface area contributed by atoms with Crippen LogP contribution in [0.5, 0.6) is 5.75 Å². The van der Waals surface area contributed by atoms with Gasteiger partial charge in [0.25, 0.3) is 5.91 Å². The van der Waals surface area contributed by atoms with Gasteiger partial charge < -0.3 is 24.4 Å². The monoisotopic (exact) mass is 526 g/mol. The predicted octanol–water partition coefficient (Wildman–Crippen LogP) is 2.95. The molecule has 0 saturated carbocycles. The molecule has 1 aromatic carbocycles. The Balaban J connectivity index is 1.52. The van der Waals surface area contributed by atoms with Gasteiger partial charge >= 0.3 is 5.97 Å². The quantitative estimate of drug-likeness (QED) is 0.316. The van der Waals surface area contributed by atoms with Crippen molar-refractivity contribution in [3.63, 3.8) is 0 Å². The van der Waals surface area contributed by atoms with Gasteiger partial charge in [0.05, 0.1) is 30.3 Å². The molecule has 1 aromatic rings. The number of nitrogens with zero attached hydrogens (tertiary/aromatic N) is 2. The van der Waals surface area contributed by atoms with E-state index in [1.54, 1.807) is 28.7 Å². The maximum Gasteiger partial charge on any atom is 0.311 e. The van der Waals surface area contributed by atoms with Gasteiger partial charge in [-0.1, -0.05) is 37.1 Å². The van der Waals surface area contributed by atoms with Gasteiger partial charge in [-0.2, -0.15) is 0 Å². The number of hydrogen-bond acceptors (Lipinski definition) is 7. The number of ether oxygens (including phenoxy) is 2. The molecule has 4 aliphatic heterocycles. The minimum Gasteiger partial charge on any atom is -0.497 e. The van der Waals surface area contributed by atoms with Gasteiger partial charge in [-0.15, -0.1) is 11.8 Å². The fourth-order valence-electron chi connectivity index (χ4n) is 6.09. The standard InChI is InChI=1S/C28H34N2O6S/c1-35-20-12-10-19(11-13-20)29-16-8-14-28-23(22-21(37-28)9-4-7-18-36-27(22)34)25(32)30(24(28)26(29)33)15-5-2-3-6-17-31/h4,8-14,21-24,31H,2-3,5-7,15-18H2,1H3/t21-,22+,23-,24?,28-/m0/s1. The van der Waals surface area contributed by atoms with Crippen LogP contribution in [0.15, 0.2) is 48.6 Å². The van der Waals surface area contributed by atoms with E-state index in [2.05, 4.69) is 0 Å². The Kier molecular flexibility index (Phi) is 7.62. The lowest BCUT2D eigenvalue weighted by Crippen LogP contribution is -2.53.